The van der Waals surface area contributed by atoms with Crippen LogP contribution in [0.2, 0.25) is 10.0 Å². The van der Waals surface area contributed by atoms with Gasteiger partial charge in [0.15, 0.2) is 0 Å². The Labute approximate surface area is 165 Å². The van der Waals surface area contributed by atoms with E-state index < -0.39 is 0 Å². The molecule has 3 heterocycles. The van der Waals surface area contributed by atoms with Crippen LogP contribution in [0.3, 0.4) is 0 Å². The summed E-state index contributed by atoms with van der Waals surface area (Å²) in [5.74, 6) is 0.00639. The van der Waals surface area contributed by atoms with E-state index in [0.717, 1.165) is 16.6 Å². The third-order valence-electron chi connectivity index (χ3n) is 4.11. The highest BCUT2D eigenvalue weighted by Gasteiger charge is 2.19. The summed E-state index contributed by atoms with van der Waals surface area (Å²) in [7, 11) is 0. The molecular weight excluding hydrogens is 383 g/mol. The first-order valence-corrected chi connectivity index (χ1v) is 8.98. The highest BCUT2D eigenvalue weighted by Crippen LogP contribution is 2.32. The summed E-state index contributed by atoms with van der Waals surface area (Å²) in [4.78, 5) is 21.4. The first-order valence-electron chi connectivity index (χ1n) is 8.23. The van der Waals surface area contributed by atoms with E-state index in [0.29, 0.717) is 22.3 Å². The van der Waals surface area contributed by atoms with Crippen molar-refractivity contribution in [2.45, 2.75) is 6.54 Å². The molecule has 3 aromatic heterocycles. The summed E-state index contributed by atoms with van der Waals surface area (Å²) in [5.41, 5.74) is 3.04. The van der Waals surface area contributed by atoms with E-state index in [1.807, 2.05) is 30.3 Å². The molecule has 4 rings (SSSR count). The van der Waals surface area contributed by atoms with Gasteiger partial charge in [0.05, 0.1) is 16.2 Å². The summed E-state index contributed by atoms with van der Waals surface area (Å²) < 4.78 is 1.75. The summed E-state index contributed by atoms with van der Waals surface area (Å²) in [6.07, 6.45) is 5.20. The largest absolute Gasteiger partial charge is 0.345 e. The molecule has 0 aliphatic carbocycles. The number of fused-ring (bicyclic) bond motifs is 1. The number of hydrogen-bond donors (Lipinski definition) is 1. The van der Waals surface area contributed by atoms with Crippen LogP contribution < -0.4 is 5.32 Å². The van der Waals surface area contributed by atoms with E-state index in [1.165, 1.54) is 0 Å². The van der Waals surface area contributed by atoms with Crippen molar-refractivity contribution in [1.29, 1.82) is 0 Å². The van der Waals surface area contributed by atoms with Gasteiger partial charge >= 0.3 is 0 Å². The second-order valence-corrected chi connectivity index (χ2v) is 6.75. The summed E-state index contributed by atoms with van der Waals surface area (Å²) in [5, 5.41) is 3.90. The van der Waals surface area contributed by atoms with Crippen molar-refractivity contribution in [1.82, 2.24) is 19.7 Å². The number of halogens is 2. The molecule has 4 aromatic rings. The Hall–Kier alpha value is -2.89. The third kappa shape index (κ3) is 3.52. The van der Waals surface area contributed by atoms with Crippen LogP contribution in [-0.2, 0) is 6.54 Å². The number of aromatic nitrogens is 3. The summed E-state index contributed by atoms with van der Waals surface area (Å²) in [6.45, 7) is 0.367. The second kappa shape index (κ2) is 7.39. The first-order chi connectivity index (χ1) is 13.1. The standard InChI is InChI=1S/C20H14Cl2N4O/c21-14-6-7-15(16(22)10-14)18-17-5-1-2-9-26(17)19(25-18)20(27)24-12-13-4-3-8-23-11-13/h1-11H,12H2,(H,24,27). The predicted octanol–water partition coefficient (Wildman–Crippen LogP) is 4.63. The highest BCUT2D eigenvalue weighted by atomic mass is 35.5. The zero-order valence-electron chi connectivity index (χ0n) is 14.1. The van der Waals surface area contributed by atoms with Crippen molar-refractivity contribution >= 4 is 34.6 Å². The molecule has 134 valence electrons. The number of carbonyl (C=O) groups excluding carboxylic acids is 1. The van der Waals surface area contributed by atoms with E-state index in [-0.39, 0.29) is 11.7 Å². The Balaban J connectivity index is 1.72. The highest BCUT2D eigenvalue weighted by molar-refractivity contribution is 6.36. The lowest BCUT2D eigenvalue weighted by Gasteiger charge is -2.04. The Bertz CT molecular complexity index is 1130. The smallest absolute Gasteiger partial charge is 0.287 e. The lowest BCUT2D eigenvalue weighted by molar-refractivity contribution is 0.0940. The normalized spacial score (nSPS) is 10.9. The number of amides is 1. The van der Waals surface area contributed by atoms with Crippen LogP contribution in [0.15, 0.2) is 67.1 Å². The van der Waals surface area contributed by atoms with Crippen molar-refractivity contribution in [3.05, 3.63) is 88.6 Å². The molecule has 27 heavy (non-hydrogen) atoms. The van der Waals surface area contributed by atoms with E-state index in [1.54, 1.807) is 41.2 Å². The van der Waals surface area contributed by atoms with Gasteiger partial charge in [0.25, 0.3) is 5.91 Å². The van der Waals surface area contributed by atoms with Gasteiger partial charge in [-0.1, -0.05) is 35.3 Å². The molecule has 1 aromatic carbocycles. The molecule has 0 unspecified atom stereocenters. The fourth-order valence-corrected chi connectivity index (χ4v) is 3.34. The molecule has 0 aliphatic heterocycles. The minimum absolute atomic E-state index is 0.281. The number of nitrogens with one attached hydrogen (secondary N) is 1. The lowest BCUT2D eigenvalue weighted by Crippen LogP contribution is -2.25. The van der Waals surface area contributed by atoms with Gasteiger partial charge in [-0.2, -0.15) is 0 Å². The predicted molar refractivity (Wildman–Crippen MR) is 106 cm³/mol. The third-order valence-corrected chi connectivity index (χ3v) is 4.66. The molecule has 0 saturated heterocycles. The van der Waals surface area contributed by atoms with E-state index in [4.69, 9.17) is 23.2 Å². The summed E-state index contributed by atoms with van der Waals surface area (Å²) in [6, 6.07) is 14.6. The molecule has 0 bridgehead atoms. The minimum Gasteiger partial charge on any atom is -0.345 e. The van der Waals surface area contributed by atoms with Crippen molar-refractivity contribution < 1.29 is 4.79 Å². The van der Waals surface area contributed by atoms with Crippen LogP contribution in [-0.4, -0.2) is 20.3 Å². The summed E-state index contributed by atoms with van der Waals surface area (Å²) >= 11 is 12.4. The van der Waals surface area contributed by atoms with Gasteiger partial charge in [-0.3, -0.25) is 14.2 Å². The van der Waals surface area contributed by atoms with E-state index in [2.05, 4.69) is 15.3 Å². The molecule has 1 amide bonds. The fourth-order valence-electron chi connectivity index (χ4n) is 2.84. The van der Waals surface area contributed by atoms with Crippen molar-refractivity contribution in [2.24, 2.45) is 0 Å². The average molecular weight is 397 g/mol. The maximum atomic E-state index is 12.7. The number of carbonyl (C=O) groups is 1. The van der Waals surface area contributed by atoms with Gasteiger partial charge in [0.1, 0.15) is 0 Å². The number of hydrogen-bond acceptors (Lipinski definition) is 3. The zero-order chi connectivity index (χ0) is 18.8. The molecule has 0 aliphatic rings. The minimum atomic E-state index is -0.281. The number of imidazole rings is 1. The van der Waals surface area contributed by atoms with Crippen LogP contribution in [0.1, 0.15) is 16.2 Å². The molecule has 1 N–H and O–H groups in total. The Morgan fingerprint density at radius 2 is 2.00 bits per heavy atom. The fraction of sp³-hybridized carbons (Fsp3) is 0.0500. The van der Waals surface area contributed by atoms with Gasteiger partial charge < -0.3 is 5.32 Å². The monoisotopic (exact) mass is 396 g/mol. The van der Waals surface area contributed by atoms with Gasteiger partial charge in [0, 0.05) is 35.7 Å². The van der Waals surface area contributed by atoms with Gasteiger partial charge in [-0.25, -0.2) is 4.98 Å². The second-order valence-electron chi connectivity index (χ2n) is 5.91. The first kappa shape index (κ1) is 17.5. The van der Waals surface area contributed by atoms with Crippen LogP contribution in [0.4, 0.5) is 0 Å². The molecule has 5 nitrogen and oxygen atoms in total. The Kier molecular flexibility index (Phi) is 4.79. The van der Waals surface area contributed by atoms with Gasteiger partial charge in [0.2, 0.25) is 5.82 Å². The number of pyridine rings is 2. The van der Waals surface area contributed by atoms with Crippen molar-refractivity contribution in [3.63, 3.8) is 0 Å². The van der Waals surface area contributed by atoms with Crippen LogP contribution >= 0.6 is 23.2 Å². The number of rotatable bonds is 4. The quantitative estimate of drug-likeness (QED) is 0.546. The van der Waals surface area contributed by atoms with Crippen LogP contribution in [0.5, 0.6) is 0 Å². The molecule has 0 saturated carbocycles. The maximum Gasteiger partial charge on any atom is 0.287 e. The van der Waals surface area contributed by atoms with E-state index >= 15 is 0 Å². The van der Waals surface area contributed by atoms with Gasteiger partial charge in [-0.15, -0.1) is 0 Å². The molecule has 0 radical (unpaired) electrons. The SMILES string of the molecule is O=C(NCc1cccnc1)c1nc(-c2ccc(Cl)cc2Cl)c2ccccn12. The number of benzene rings is 1. The van der Waals surface area contributed by atoms with E-state index in [9.17, 15) is 4.79 Å². The molecule has 0 fully saturated rings. The maximum absolute atomic E-state index is 12.7. The van der Waals surface area contributed by atoms with Crippen molar-refractivity contribution in [3.8, 4) is 11.3 Å². The lowest BCUT2D eigenvalue weighted by atomic mass is 10.1. The average Bonchev–Trinajstić information content (AvgIpc) is 3.07. The molecule has 0 spiro atoms. The Morgan fingerprint density at radius 1 is 1.11 bits per heavy atom. The van der Waals surface area contributed by atoms with Crippen LogP contribution in [0, 0.1) is 0 Å². The Morgan fingerprint density at radius 3 is 2.78 bits per heavy atom. The molecule has 0 atom stereocenters. The number of nitrogens with zero attached hydrogens (tertiary/aromatic N) is 3. The molecular formula is C20H14Cl2N4O. The van der Waals surface area contributed by atoms with Gasteiger partial charge in [-0.05, 0) is 42.0 Å². The zero-order valence-corrected chi connectivity index (χ0v) is 15.6. The van der Waals surface area contributed by atoms with Crippen LogP contribution in [0.25, 0.3) is 16.8 Å². The molecule has 7 heteroatoms. The van der Waals surface area contributed by atoms with Crippen molar-refractivity contribution in [2.75, 3.05) is 0 Å². The topological polar surface area (TPSA) is 59.3 Å².